The second kappa shape index (κ2) is 10.1. The number of amides is 2. The molecular weight excluding hydrogens is 448 g/mol. The normalized spacial score (nSPS) is 19.9. The van der Waals surface area contributed by atoms with Crippen LogP contribution in [0.5, 0.6) is 5.75 Å². The molecule has 1 unspecified atom stereocenters. The highest BCUT2D eigenvalue weighted by Gasteiger charge is 2.30. The Morgan fingerprint density at radius 1 is 1.03 bits per heavy atom. The molecule has 0 spiro atoms. The Hall–Kier alpha value is -2.97. The first-order valence-electron chi connectivity index (χ1n) is 12.0. The van der Waals surface area contributed by atoms with Crippen LogP contribution >= 0.6 is 11.3 Å². The molecule has 0 bridgehead atoms. The number of piperidine rings is 2. The molecule has 2 aliphatic heterocycles. The fourth-order valence-electron chi connectivity index (χ4n) is 4.93. The number of fused-ring (bicyclic) bond motifs is 1. The molecule has 5 rings (SSSR count). The minimum Gasteiger partial charge on any atom is -0.506 e. The predicted octanol–water partition coefficient (Wildman–Crippen LogP) is 4.06. The third kappa shape index (κ3) is 5.08. The minimum absolute atomic E-state index is 0.0674. The van der Waals surface area contributed by atoms with Crippen LogP contribution in [0.2, 0.25) is 0 Å². The third-order valence-corrected chi connectivity index (χ3v) is 8.11. The molecule has 2 aromatic carbocycles. The molecule has 178 valence electrons. The molecule has 3 heterocycles. The van der Waals surface area contributed by atoms with E-state index in [4.69, 9.17) is 4.98 Å². The number of benzene rings is 2. The topological polar surface area (TPSA) is 85.8 Å². The van der Waals surface area contributed by atoms with E-state index in [1.54, 1.807) is 35.6 Å². The van der Waals surface area contributed by atoms with Crippen molar-refractivity contribution < 1.29 is 14.7 Å². The Morgan fingerprint density at radius 2 is 1.79 bits per heavy atom. The summed E-state index contributed by atoms with van der Waals surface area (Å²) in [6, 6.07) is 15.0. The van der Waals surface area contributed by atoms with Crippen LogP contribution in [0.25, 0.3) is 10.2 Å². The van der Waals surface area contributed by atoms with Gasteiger partial charge >= 0.3 is 0 Å². The molecule has 0 aliphatic carbocycles. The highest BCUT2D eigenvalue weighted by molar-refractivity contribution is 7.18. The van der Waals surface area contributed by atoms with Gasteiger partial charge in [0.15, 0.2) is 0 Å². The van der Waals surface area contributed by atoms with E-state index in [0.717, 1.165) is 49.5 Å². The second-order valence-electron chi connectivity index (χ2n) is 9.26. The summed E-state index contributed by atoms with van der Waals surface area (Å²) in [7, 11) is 0. The van der Waals surface area contributed by atoms with Gasteiger partial charge in [0.25, 0.3) is 0 Å². The maximum absolute atomic E-state index is 13.1. The number of hydrogen-bond acceptors (Lipinski definition) is 6. The Kier molecular flexibility index (Phi) is 6.78. The number of anilines is 1. The van der Waals surface area contributed by atoms with E-state index in [2.05, 4.69) is 16.3 Å². The van der Waals surface area contributed by atoms with Crippen molar-refractivity contribution >= 4 is 39.1 Å². The van der Waals surface area contributed by atoms with Crippen LogP contribution < -0.4 is 5.32 Å². The van der Waals surface area contributed by atoms with Gasteiger partial charge in [0.1, 0.15) is 5.75 Å². The zero-order chi connectivity index (χ0) is 23.5. The van der Waals surface area contributed by atoms with E-state index in [-0.39, 0.29) is 23.5 Å². The summed E-state index contributed by atoms with van der Waals surface area (Å²) in [5.41, 5.74) is 1.48. The quantitative estimate of drug-likeness (QED) is 0.540. The predicted molar refractivity (Wildman–Crippen MR) is 134 cm³/mol. The van der Waals surface area contributed by atoms with E-state index in [9.17, 15) is 14.7 Å². The number of carbonyl (C=O) groups is 2. The van der Waals surface area contributed by atoms with Gasteiger partial charge in [-0.2, -0.15) is 0 Å². The lowest BCUT2D eigenvalue weighted by Crippen LogP contribution is -2.47. The van der Waals surface area contributed by atoms with Crippen molar-refractivity contribution in [2.45, 2.75) is 31.6 Å². The van der Waals surface area contributed by atoms with Crippen LogP contribution in [-0.4, -0.2) is 64.4 Å². The van der Waals surface area contributed by atoms with Crippen molar-refractivity contribution in [1.82, 2.24) is 14.8 Å². The Balaban J connectivity index is 1.12. The number of nitrogens with zero attached hydrogens (tertiary/aromatic N) is 3. The highest BCUT2D eigenvalue weighted by Crippen LogP contribution is 2.33. The molecule has 8 heteroatoms. The average Bonchev–Trinajstić information content (AvgIpc) is 3.30. The van der Waals surface area contributed by atoms with E-state index in [1.807, 2.05) is 23.1 Å². The molecular formula is C26H30N4O3S. The van der Waals surface area contributed by atoms with Crippen molar-refractivity contribution in [2.75, 3.05) is 38.0 Å². The van der Waals surface area contributed by atoms with Gasteiger partial charge in [0, 0.05) is 24.9 Å². The Bertz CT molecular complexity index is 1140. The lowest BCUT2D eigenvalue weighted by molar-refractivity contribution is -0.134. The molecule has 0 radical (unpaired) electrons. The molecule has 1 aromatic heterocycles. The first-order chi connectivity index (χ1) is 16.6. The van der Waals surface area contributed by atoms with E-state index in [0.29, 0.717) is 31.0 Å². The van der Waals surface area contributed by atoms with Gasteiger partial charge in [0.05, 0.1) is 27.5 Å². The summed E-state index contributed by atoms with van der Waals surface area (Å²) in [6.45, 7) is 3.39. The SMILES string of the molecule is O=C(Nc1ccccc1O)C1CCN(CC(=O)N2CCCC(c3nc4ccccc4s3)C2)CC1. The number of phenols is 1. The zero-order valence-electron chi connectivity index (χ0n) is 19.2. The van der Waals surface area contributed by atoms with Gasteiger partial charge < -0.3 is 15.3 Å². The molecule has 0 saturated carbocycles. The van der Waals surface area contributed by atoms with Crippen LogP contribution in [0, 0.1) is 5.92 Å². The summed E-state index contributed by atoms with van der Waals surface area (Å²) >= 11 is 1.74. The number of carbonyl (C=O) groups excluding carboxylic acids is 2. The molecule has 2 amide bonds. The van der Waals surface area contributed by atoms with E-state index >= 15 is 0 Å². The standard InChI is InChI=1S/C26H30N4O3S/c31-22-9-3-1-7-20(22)27-25(33)18-11-14-29(15-12-18)17-24(32)30-13-5-6-19(16-30)26-28-21-8-2-4-10-23(21)34-26/h1-4,7-10,18-19,31H,5-6,11-17H2,(H,27,33). The zero-order valence-corrected chi connectivity index (χ0v) is 20.0. The lowest BCUT2D eigenvalue weighted by atomic mass is 9.95. The van der Waals surface area contributed by atoms with Gasteiger partial charge in [-0.05, 0) is 63.0 Å². The number of para-hydroxylation sites is 3. The summed E-state index contributed by atoms with van der Waals surface area (Å²) in [4.78, 5) is 34.7. The van der Waals surface area contributed by atoms with Crippen molar-refractivity contribution in [1.29, 1.82) is 0 Å². The number of hydrogen-bond donors (Lipinski definition) is 2. The maximum atomic E-state index is 13.1. The lowest BCUT2D eigenvalue weighted by Gasteiger charge is -2.35. The largest absolute Gasteiger partial charge is 0.506 e. The minimum atomic E-state index is -0.107. The van der Waals surface area contributed by atoms with Crippen LogP contribution in [0.3, 0.4) is 0 Å². The average molecular weight is 479 g/mol. The van der Waals surface area contributed by atoms with Gasteiger partial charge in [-0.25, -0.2) is 4.98 Å². The summed E-state index contributed by atoms with van der Waals surface area (Å²) in [5.74, 6) is 0.373. The van der Waals surface area contributed by atoms with Crippen molar-refractivity contribution in [3.63, 3.8) is 0 Å². The monoisotopic (exact) mass is 478 g/mol. The molecule has 2 fully saturated rings. The van der Waals surface area contributed by atoms with Crippen LogP contribution in [0.1, 0.15) is 36.6 Å². The van der Waals surface area contributed by atoms with Gasteiger partial charge in [0.2, 0.25) is 11.8 Å². The van der Waals surface area contributed by atoms with E-state index in [1.165, 1.54) is 4.70 Å². The van der Waals surface area contributed by atoms with Gasteiger partial charge in [-0.15, -0.1) is 11.3 Å². The number of rotatable bonds is 5. The molecule has 2 N–H and O–H groups in total. The van der Waals surface area contributed by atoms with Crippen LogP contribution in [-0.2, 0) is 9.59 Å². The molecule has 34 heavy (non-hydrogen) atoms. The first-order valence-corrected chi connectivity index (χ1v) is 12.8. The van der Waals surface area contributed by atoms with Crippen LogP contribution in [0.4, 0.5) is 5.69 Å². The molecule has 7 nitrogen and oxygen atoms in total. The number of phenolic OH excluding ortho intramolecular Hbond substituents is 1. The van der Waals surface area contributed by atoms with Crippen molar-refractivity contribution in [3.8, 4) is 5.75 Å². The fourth-order valence-corrected chi connectivity index (χ4v) is 6.02. The van der Waals surface area contributed by atoms with E-state index < -0.39 is 0 Å². The summed E-state index contributed by atoms with van der Waals surface area (Å²) in [5, 5.41) is 13.8. The third-order valence-electron chi connectivity index (χ3n) is 6.91. The summed E-state index contributed by atoms with van der Waals surface area (Å²) < 4.78 is 1.20. The van der Waals surface area contributed by atoms with Crippen LogP contribution in [0.15, 0.2) is 48.5 Å². The number of nitrogens with one attached hydrogen (secondary N) is 1. The maximum Gasteiger partial charge on any atom is 0.236 e. The Morgan fingerprint density at radius 3 is 2.59 bits per heavy atom. The van der Waals surface area contributed by atoms with Gasteiger partial charge in [-0.3, -0.25) is 14.5 Å². The molecule has 2 aliphatic rings. The fraction of sp³-hybridized carbons (Fsp3) is 0.423. The number of aromatic nitrogens is 1. The first kappa shape index (κ1) is 22.8. The smallest absolute Gasteiger partial charge is 0.236 e. The molecule has 1 atom stereocenters. The van der Waals surface area contributed by atoms with Crippen molar-refractivity contribution in [3.05, 3.63) is 53.5 Å². The number of likely N-dealkylation sites (tertiary alicyclic amines) is 2. The van der Waals surface area contributed by atoms with Crippen molar-refractivity contribution in [2.24, 2.45) is 5.92 Å². The Labute approximate surface area is 203 Å². The number of thiazole rings is 1. The molecule has 3 aromatic rings. The summed E-state index contributed by atoms with van der Waals surface area (Å²) in [6.07, 6.45) is 3.49. The highest BCUT2D eigenvalue weighted by atomic mass is 32.1. The number of aromatic hydroxyl groups is 1. The second-order valence-corrected chi connectivity index (χ2v) is 10.3. The van der Waals surface area contributed by atoms with Gasteiger partial charge in [-0.1, -0.05) is 24.3 Å². The molecule has 2 saturated heterocycles.